The van der Waals surface area contributed by atoms with Gasteiger partial charge in [0.05, 0.1) is 0 Å². The van der Waals surface area contributed by atoms with Gasteiger partial charge in [-0.1, -0.05) is 0 Å². The van der Waals surface area contributed by atoms with Crippen LogP contribution in [0.2, 0.25) is 0 Å². The summed E-state index contributed by atoms with van der Waals surface area (Å²) in [6, 6.07) is 1.03. The van der Waals surface area contributed by atoms with Crippen molar-refractivity contribution in [3.63, 3.8) is 0 Å². The molecule has 0 saturated carbocycles. The number of nitrogens with two attached hydrogens (primary N) is 1. The van der Waals surface area contributed by atoms with Crippen LogP contribution in [-0.4, -0.2) is 47.6 Å². The molecule has 6 nitrogen and oxygen atoms in total. The zero-order chi connectivity index (χ0) is 14.9. The fourth-order valence-electron chi connectivity index (χ4n) is 2.27. The Morgan fingerprint density at radius 1 is 1.35 bits per heavy atom. The summed E-state index contributed by atoms with van der Waals surface area (Å²) in [5.74, 6) is 5.15. The van der Waals surface area contributed by atoms with Gasteiger partial charge < -0.3 is 9.80 Å². The van der Waals surface area contributed by atoms with Crippen molar-refractivity contribution in [3.8, 4) is 0 Å². The minimum Gasteiger partial charge on any atom is -0.351 e. The molecule has 2 heterocycles. The van der Waals surface area contributed by atoms with Crippen LogP contribution in [0.1, 0.15) is 12.6 Å². The molecule has 3 N–H and O–H groups in total. The lowest BCUT2D eigenvalue weighted by Crippen LogP contribution is -2.51. The van der Waals surface area contributed by atoms with E-state index in [1.165, 1.54) is 0 Å². The molecule has 1 aliphatic rings. The first-order chi connectivity index (χ1) is 9.31. The van der Waals surface area contributed by atoms with E-state index in [0.717, 1.165) is 19.2 Å². The molecule has 1 aliphatic heterocycles. The van der Waals surface area contributed by atoms with Crippen molar-refractivity contribution in [2.24, 2.45) is 5.84 Å². The lowest BCUT2D eigenvalue weighted by atomic mass is 10.2. The molecule has 2 rings (SSSR count). The summed E-state index contributed by atoms with van der Waals surface area (Å²) in [5, 5.41) is 0. The SMILES string of the molecule is CC1CN(C)CCN1c1cc(C(F)(F)F)nc(NN)n1. The van der Waals surface area contributed by atoms with Gasteiger partial charge >= 0.3 is 6.18 Å². The molecule has 0 aromatic carbocycles. The zero-order valence-corrected chi connectivity index (χ0v) is 11.3. The third-order valence-electron chi connectivity index (χ3n) is 3.26. The number of hydrogen-bond acceptors (Lipinski definition) is 6. The van der Waals surface area contributed by atoms with Gasteiger partial charge in [-0.25, -0.2) is 10.8 Å². The number of rotatable bonds is 2. The maximum Gasteiger partial charge on any atom is 0.433 e. The third-order valence-corrected chi connectivity index (χ3v) is 3.26. The van der Waals surface area contributed by atoms with Gasteiger partial charge in [0.2, 0.25) is 5.95 Å². The first kappa shape index (κ1) is 14.8. The molecule has 112 valence electrons. The highest BCUT2D eigenvalue weighted by Gasteiger charge is 2.35. The fourth-order valence-corrected chi connectivity index (χ4v) is 2.27. The second-order valence-corrected chi connectivity index (χ2v) is 4.88. The van der Waals surface area contributed by atoms with Crippen LogP contribution in [0, 0.1) is 0 Å². The molecule has 9 heteroatoms. The lowest BCUT2D eigenvalue weighted by molar-refractivity contribution is -0.141. The Bertz CT molecular complexity index is 478. The number of piperazine rings is 1. The molecule has 0 amide bonds. The highest BCUT2D eigenvalue weighted by molar-refractivity contribution is 5.46. The summed E-state index contributed by atoms with van der Waals surface area (Å²) < 4.78 is 38.5. The predicted molar refractivity (Wildman–Crippen MR) is 69.1 cm³/mol. The van der Waals surface area contributed by atoms with Crippen molar-refractivity contribution < 1.29 is 13.2 Å². The summed E-state index contributed by atoms with van der Waals surface area (Å²) in [5.41, 5.74) is 1.08. The van der Waals surface area contributed by atoms with Gasteiger partial charge in [-0.2, -0.15) is 18.2 Å². The number of likely N-dealkylation sites (N-methyl/N-ethyl adjacent to an activating group) is 1. The van der Waals surface area contributed by atoms with Crippen molar-refractivity contribution in [3.05, 3.63) is 11.8 Å². The molecule has 1 atom stereocenters. The Labute approximate surface area is 114 Å². The van der Waals surface area contributed by atoms with Crippen LogP contribution >= 0.6 is 0 Å². The molecule has 0 bridgehead atoms. The van der Waals surface area contributed by atoms with E-state index in [1.54, 1.807) is 0 Å². The number of alkyl halides is 3. The van der Waals surface area contributed by atoms with E-state index >= 15 is 0 Å². The van der Waals surface area contributed by atoms with E-state index in [9.17, 15) is 13.2 Å². The summed E-state index contributed by atoms with van der Waals surface area (Å²) >= 11 is 0. The number of hydrogen-bond donors (Lipinski definition) is 2. The van der Waals surface area contributed by atoms with Gasteiger partial charge in [-0.05, 0) is 14.0 Å². The third kappa shape index (κ3) is 3.10. The number of nitrogen functional groups attached to an aromatic ring is 1. The van der Waals surface area contributed by atoms with E-state index in [-0.39, 0.29) is 17.8 Å². The van der Waals surface area contributed by atoms with E-state index in [4.69, 9.17) is 5.84 Å². The van der Waals surface area contributed by atoms with Crippen molar-refractivity contribution in [1.29, 1.82) is 0 Å². The van der Waals surface area contributed by atoms with E-state index in [2.05, 4.69) is 20.3 Å². The highest BCUT2D eigenvalue weighted by atomic mass is 19.4. The number of anilines is 2. The highest BCUT2D eigenvalue weighted by Crippen LogP contribution is 2.31. The molecule has 1 aromatic rings. The second-order valence-electron chi connectivity index (χ2n) is 4.88. The van der Waals surface area contributed by atoms with Crippen molar-refractivity contribution >= 4 is 11.8 Å². The molecule has 0 spiro atoms. The molecule has 0 radical (unpaired) electrons. The fraction of sp³-hybridized carbons (Fsp3) is 0.636. The molecule has 20 heavy (non-hydrogen) atoms. The van der Waals surface area contributed by atoms with Crippen LogP contribution in [0.5, 0.6) is 0 Å². The smallest absolute Gasteiger partial charge is 0.351 e. The van der Waals surface area contributed by atoms with Gasteiger partial charge in [0.1, 0.15) is 5.82 Å². The van der Waals surface area contributed by atoms with Gasteiger partial charge in [-0.3, -0.25) is 5.43 Å². The zero-order valence-electron chi connectivity index (χ0n) is 11.3. The van der Waals surface area contributed by atoms with Gasteiger partial charge in [0, 0.05) is 31.7 Å². The average molecular weight is 290 g/mol. The van der Waals surface area contributed by atoms with Crippen LogP contribution in [0.15, 0.2) is 6.07 Å². The predicted octanol–water partition coefficient (Wildman–Crippen LogP) is 0.921. The molecule has 1 fully saturated rings. The van der Waals surface area contributed by atoms with Crippen molar-refractivity contribution in [1.82, 2.24) is 14.9 Å². The number of nitrogens with one attached hydrogen (secondary N) is 1. The minimum atomic E-state index is -4.53. The second kappa shape index (κ2) is 5.41. The summed E-state index contributed by atoms with van der Waals surface area (Å²) in [7, 11) is 1.97. The Morgan fingerprint density at radius 2 is 2.05 bits per heavy atom. The largest absolute Gasteiger partial charge is 0.433 e. The van der Waals surface area contributed by atoms with Gasteiger partial charge in [0.15, 0.2) is 5.69 Å². The van der Waals surface area contributed by atoms with E-state index in [0.29, 0.717) is 6.54 Å². The molecule has 1 unspecified atom stereocenters. The molecule has 0 aliphatic carbocycles. The summed E-state index contributed by atoms with van der Waals surface area (Å²) in [6.07, 6.45) is -4.53. The molecular weight excluding hydrogens is 273 g/mol. The normalized spacial score (nSPS) is 21.1. The Morgan fingerprint density at radius 3 is 2.60 bits per heavy atom. The topological polar surface area (TPSA) is 70.3 Å². The van der Waals surface area contributed by atoms with Crippen LogP contribution in [0.3, 0.4) is 0 Å². The monoisotopic (exact) mass is 290 g/mol. The average Bonchev–Trinajstić information content (AvgIpc) is 2.37. The van der Waals surface area contributed by atoms with Gasteiger partial charge in [0.25, 0.3) is 0 Å². The first-order valence-electron chi connectivity index (χ1n) is 6.19. The Kier molecular flexibility index (Phi) is 4.00. The summed E-state index contributed by atoms with van der Waals surface area (Å²) in [4.78, 5) is 11.3. The number of aromatic nitrogens is 2. The van der Waals surface area contributed by atoms with E-state index < -0.39 is 11.9 Å². The number of nitrogens with zero attached hydrogens (tertiary/aromatic N) is 4. The quantitative estimate of drug-likeness (QED) is 0.623. The van der Waals surface area contributed by atoms with Crippen LogP contribution < -0.4 is 16.2 Å². The standard InChI is InChI=1S/C11H17F3N6/c1-7-6-19(2)3-4-20(7)9-5-8(11(12,13)14)16-10(17-9)18-15/h5,7H,3-4,6,15H2,1-2H3,(H,16,17,18). The van der Waals surface area contributed by atoms with Crippen LogP contribution in [0.25, 0.3) is 0 Å². The number of halogens is 3. The minimum absolute atomic E-state index is 0.0651. The first-order valence-corrected chi connectivity index (χ1v) is 6.19. The molecular formula is C11H17F3N6. The maximum atomic E-state index is 12.8. The summed E-state index contributed by atoms with van der Waals surface area (Å²) in [6.45, 7) is 4.08. The Balaban J connectivity index is 2.36. The van der Waals surface area contributed by atoms with Crippen molar-refractivity contribution in [2.75, 3.05) is 37.0 Å². The van der Waals surface area contributed by atoms with Crippen molar-refractivity contribution in [2.45, 2.75) is 19.1 Å². The van der Waals surface area contributed by atoms with Crippen LogP contribution in [-0.2, 0) is 6.18 Å². The van der Waals surface area contributed by atoms with E-state index in [1.807, 2.05) is 18.9 Å². The maximum absolute atomic E-state index is 12.8. The molecule has 1 aromatic heterocycles. The van der Waals surface area contributed by atoms with Gasteiger partial charge in [-0.15, -0.1) is 0 Å². The molecule has 1 saturated heterocycles. The Hall–Kier alpha value is -1.61. The number of hydrazine groups is 1. The van der Waals surface area contributed by atoms with Crippen LogP contribution in [0.4, 0.5) is 24.9 Å². The lowest BCUT2D eigenvalue weighted by Gasteiger charge is -2.39.